The molecule has 0 aliphatic carbocycles. The molecule has 10 nitrogen and oxygen atoms in total. The van der Waals surface area contributed by atoms with Crippen LogP contribution in [0.3, 0.4) is 0 Å². The molecular formula is C34H45N3O7S2. The number of fused-ring (bicyclic) bond motifs is 1. The van der Waals surface area contributed by atoms with E-state index in [2.05, 4.69) is 4.72 Å². The Kier molecular flexibility index (Phi) is 12.6. The molecule has 1 aliphatic heterocycles. The summed E-state index contributed by atoms with van der Waals surface area (Å²) >= 11 is 1.10. The van der Waals surface area contributed by atoms with Gasteiger partial charge < -0.3 is 24.4 Å². The van der Waals surface area contributed by atoms with E-state index in [0.717, 1.165) is 36.2 Å². The monoisotopic (exact) mass is 671 g/mol. The molecule has 2 heterocycles. The van der Waals surface area contributed by atoms with Crippen LogP contribution in [0.5, 0.6) is 5.75 Å². The van der Waals surface area contributed by atoms with Gasteiger partial charge in [-0.3, -0.25) is 14.3 Å². The number of ether oxygens (including phenoxy) is 2. The number of hydrogen-bond acceptors (Lipinski definition) is 8. The number of nitrogens with one attached hydrogen (secondary N) is 1. The summed E-state index contributed by atoms with van der Waals surface area (Å²) in [6.45, 7) is 6.44. The van der Waals surface area contributed by atoms with Gasteiger partial charge in [0.25, 0.3) is 15.9 Å². The number of rotatable bonds is 9. The molecule has 2 aromatic carbocycles. The van der Waals surface area contributed by atoms with E-state index in [4.69, 9.17) is 9.47 Å². The van der Waals surface area contributed by atoms with Gasteiger partial charge in [0.15, 0.2) is 0 Å². The number of aliphatic hydroxyl groups excluding tert-OH is 1. The highest BCUT2D eigenvalue weighted by atomic mass is 32.2. The third-order valence-corrected chi connectivity index (χ3v) is 10.9. The van der Waals surface area contributed by atoms with Gasteiger partial charge in [-0.05, 0) is 68.3 Å². The summed E-state index contributed by atoms with van der Waals surface area (Å²) in [7, 11) is -2.08. The Hall–Kier alpha value is -3.45. The van der Waals surface area contributed by atoms with E-state index >= 15 is 0 Å². The number of carbonyl (C=O) groups excluding carboxylic acids is 2. The van der Waals surface area contributed by atoms with Crippen molar-refractivity contribution in [3.8, 4) is 5.75 Å². The van der Waals surface area contributed by atoms with Crippen LogP contribution in [0.2, 0.25) is 0 Å². The van der Waals surface area contributed by atoms with Crippen LogP contribution in [0.4, 0.5) is 5.69 Å². The fraction of sp³-hybridized carbons (Fsp3) is 0.471. The molecule has 4 rings (SSSR count). The number of anilines is 1. The highest BCUT2D eigenvalue weighted by Crippen LogP contribution is 2.30. The molecule has 4 atom stereocenters. The third-order valence-electron chi connectivity index (χ3n) is 8.14. The van der Waals surface area contributed by atoms with Crippen LogP contribution in [0.1, 0.15) is 56.0 Å². The second-order valence-corrected chi connectivity index (χ2v) is 14.8. The molecule has 1 aliphatic rings. The van der Waals surface area contributed by atoms with Crippen LogP contribution in [-0.2, 0) is 26.0 Å². The van der Waals surface area contributed by atoms with Gasteiger partial charge in [0, 0.05) is 38.3 Å². The van der Waals surface area contributed by atoms with Gasteiger partial charge in [0.05, 0.1) is 36.8 Å². The summed E-state index contributed by atoms with van der Waals surface area (Å²) in [5.74, 6) is -0.306. The van der Waals surface area contributed by atoms with Crippen molar-refractivity contribution in [2.45, 2.75) is 68.9 Å². The van der Waals surface area contributed by atoms with E-state index in [1.807, 2.05) is 44.2 Å². The van der Waals surface area contributed by atoms with Crippen LogP contribution in [0.25, 0.3) is 0 Å². The normalized spacial score (nSPS) is 20.6. The van der Waals surface area contributed by atoms with Gasteiger partial charge in [-0.25, -0.2) is 8.42 Å². The first-order chi connectivity index (χ1) is 22.0. The third kappa shape index (κ3) is 9.54. The summed E-state index contributed by atoms with van der Waals surface area (Å²) in [5, 5.41) is 11.9. The van der Waals surface area contributed by atoms with Crippen molar-refractivity contribution in [1.82, 2.24) is 9.80 Å². The second-order valence-electron chi connectivity index (χ2n) is 12.0. The first-order valence-electron chi connectivity index (χ1n) is 15.7. The molecule has 0 bridgehead atoms. The van der Waals surface area contributed by atoms with Gasteiger partial charge in [-0.15, -0.1) is 11.3 Å². The number of aliphatic hydroxyl groups is 1. The lowest BCUT2D eigenvalue weighted by Crippen LogP contribution is -2.48. The van der Waals surface area contributed by atoms with Crippen LogP contribution < -0.4 is 9.46 Å². The molecule has 0 radical (unpaired) electrons. The minimum atomic E-state index is -3.85. The van der Waals surface area contributed by atoms with E-state index in [1.165, 1.54) is 12.1 Å². The Balaban J connectivity index is 1.62. The van der Waals surface area contributed by atoms with Crippen molar-refractivity contribution in [3.63, 3.8) is 0 Å². The molecule has 0 spiro atoms. The summed E-state index contributed by atoms with van der Waals surface area (Å²) in [6.07, 6.45) is 2.04. The lowest BCUT2D eigenvalue weighted by Gasteiger charge is -2.36. The van der Waals surface area contributed by atoms with Crippen molar-refractivity contribution < 1.29 is 32.6 Å². The molecule has 3 aromatic rings. The van der Waals surface area contributed by atoms with Gasteiger partial charge in [-0.1, -0.05) is 43.3 Å². The van der Waals surface area contributed by atoms with E-state index in [9.17, 15) is 23.1 Å². The minimum absolute atomic E-state index is 0.0320. The van der Waals surface area contributed by atoms with Crippen molar-refractivity contribution in [2.75, 3.05) is 38.1 Å². The summed E-state index contributed by atoms with van der Waals surface area (Å²) in [6, 6.07) is 16.9. The first kappa shape index (κ1) is 35.4. The molecule has 46 heavy (non-hydrogen) atoms. The number of sulfonamides is 1. The van der Waals surface area contributed by atoms with Crippen molar-refractivity contribution in [1.29, 1.82) is 0 Å². The Morgan fingerprint density at radius 2 is 1.89 bits per heavy atom. The van der Waals surface area contributed by atoms with Crippen molar-refractivity contribution >= 4 is 38.9 Å². The highest BCUT2D eigenvalue weighted by Gasteiger charge is 2.31. The van der Waals surface area contributed by atoms with Crippen LogP contribution >= 0.6 is 11.3 Å². The summed E-state index contributed by atoms with van der Waals surface area (Å²) < 4.78 is 41.3. The predicted molar refractivity (Wildman–Crippen MR) is 180 cm³/mol. The van der Waals surface area contributed by atoms with Gasteiger partial charge >= 0.3 is 0 Å². The lowest BCUT2D eigenvalue weighted by molar-refractivity contribution is -0.131. The number of benzene rings is 2. The zero-order valence-electron chi connectivity index (χ0n) is 26.9. The number of likely N-dealkylation sites (N-methyl/N-ethyl adjacent to an activating group) is 1. The fourth-order valence-corrected chi connectivity index (χ4v) is 7.39. The largest absolute Gasteiger partial charge is 0.490 e. The SMILES string of the molecule is C[C@H](CO)N1C[C@H](C)[C@@H](CN(C)C(=O)Cc2ccccc2)OCCCC[C@H](C)Oc2ccc(NS(=O)(=O)c3cccs3)cc2C1=O. The number of hydrogen-bond donors (Lipinski definition) is 2. The number of nitrogens with zero attached hydrogens (tertiary/aromatic N) is 2. The Morgan fingerprint density at radius 1 is 1.13 bits per heavy atom. The number of amides is 2. The van der Waals surface area contributed by atoms with Crippen LogP contribution in [0, 0.1) is 5.92 Å². The van der Waals surface area contributed by atoms with Crippen LogP contribution in [0.15, 0.2) is 70.3 Å². The van der Waals surface area contributed by atoms with E-state index in [-0.39, 0.29) is 59.1 Å². The molecule has 0 unspecified atom stereocenters. The maximum Gasteiger partial charge on any atom is 0.271 e. The van der Waals surface area contributed by atoms with Crippen LogP contribution in [-0.4, -0.2) is 86.7 Å². The predicted octanol–water partition coefficient (Wildman–Crippen LogP) is 5.05. The Labute approximate surface area is 276 Å². The molecule has 0 saturated heterocycles. The maximum atomic E-state index is 14.3. The standard InChI is InChI=1S/C34H45N3O7S2/c1-24-21-37(25(2)23-38)34(40)29-20-28(35-46(41,42)33-14-10-18-45-33)15-16-30(29)44-26(3)11-8-9-17-43-31(24)22-36(4)32(39)19-27-12-6-5-7-13-27/h5-7,10,12-16,18,20,24-26,31,35,38H,8-9,11,17,19,21-23H2,1-4H3/t24-,25+,26-,31+/m0/s1. The van der Waals surface area contributed by atoms with Gasteiger partial charge in [-0.2, -0.15) is 0 Å². The molecule has 250 valence electrons. The van der Waals surface area contributed by atoms with Gasteiger partial charge in [0.1, 0.15) is 9.96 Å². The summed E-state index contributed by atoms with van der Waals surface area (Å²) in [4.78, 5) is 30.7. The molecule has 2 amide bonds. The zero-order valence-corrected chi connectivity index (χ0v) is 28.6. The quantitative estimate of drug-likeness (QED) is 0.326. The Morgan fingerprint density at radius 3 is 2.59 bits per heavy atom. The van der Waals surface area contributed by atoms with E-state index in [0.29, 0.717) is 18.9 Å². The Bertz CT molecular complexity index is 1530. The molecule has 1 aromatic heterocycles. The minimum Gasteiger partial charge on any atom is -0.490 e. The maximum absolute atomic E-state index is 14.3. The van der Waals surface area contributed by atoms with Crippen molar-refractivity contribution in [3.05, 3.63) is 77.2 Å². The smallest absolute Gasteiger partial charge is 0.271 e. The average molecular weight is 672 g/mol. The highest BCUT2D eigenvalue weighted by molar-refractivity contribution is 7.94. The zero-order chi connectivity index (χ0) is 33.3. The molecule has 0 fully saturated rings. The van der Waals surface area contributed by atoms with Crippen molar-refractivity contribution in [2.24, 2.45) is 5.92 Å². The summed E-state index contributed by atoms with van der Waals surface area (Å²) in [5.41, 5.74) is 1.35. The molecular weight excluding hydrogens is 627 g/mol. The fourth-order valence-electron chi connectivity index (χ4n) is 5.35. The van der Waals surface area contributed by atoms with E-state index in [1.54, 1.807) is 47.4 Å². The first-order valence-corrected chi connectivity index (χ1v) is 18.0. The average Bonchev–Trinajstić information content (AvgIpc) is 3.59. The van der Waals surface area contributed by atoms with Gasteiger partial charge in [0.2, 0.25) is 5.91 Å². The lowest BCUT2D eigenvalue weighted by atomic mass is 10.0. The topological polar surface area (TPSA) is 125 Å². The molecule has 2 N–H and O–H groups in total. The number of carbonyl (C=O) groups is 2. The van der Waals surface area contributed by atoms with E-state index < -0.39 is 22.0 Å². The second kappa shape index (κ2) is 16.4. The molecule has 12 heteroatoms. The number of thiophene rings is 1. The molecule has 0 saturated carbocycles.